The van der Waals surface area contributed by atoms with Crippen LogP contribution in [0.2, 0.25) is 0 Å². The zero-order valence-corrected chi connectivity index (χ0v) is 16.8. The molecule has 5 nitrogen and oxygen atoms in total. The van der Waals surface area contributed by atoms with E-state index in [1.807, 2.05) is 49.4 Å². The molecular weight excluding hydrogens is 364 g/mol. The number of rotatable bonds is 9. The Bertz CT molecular complexity index is 1040. The van der Waals surface area contributed by atoms with Gasteiger partial charge in [0.2, 0.25) is 5.89 Å². The Morgan fingerprint density at radius 2 is 2.07 bits per heavy atom. The fourth-order valence-electron chi connectivity index (χ4n) is 3.00. The van der Waals surface area contributed by atoms with Crippen molar-refractivity contribution in [1.82, 2.24) is 4.98 Å². The lowest BCUT2D eigenvalue weighted by Gasteiger charge is -2.16. The fourth-order valence-corrected chi connectivity index (χ4v) is 3.00. The summed E-state index contributed by atoms with van der Waals surface area (Å²) < 4.78 is 17.5. The first kappa shape index (κ1) is 20.2. The molecule has 0 spiro atoms. The van der Waals surface area contributed by atoms with Crippen LogP contribution in [0.3, 0.4) is 0 Å². The average Bonchev–Trinajstić information content (AvgIpc) is 3.16. The van der Waals surface area contributed by atoms with E-state index in [1.54, 1.807) is 6.08 Å². The van der Waals surface area contributed by atoms with Crippen molar-refractivity contribution in [1.29, 1.82) is 5.26 Å². The maximum absolute atomic E-state index is 9.69. The van der Waals surface area contributed by atoms with Gasteiger partial charge in [-0.2, -0.15) is 5.26 Å². The third-order valence-corrected chi connectivity index (χ3v) is 4.22. The highest BCUT2D eigenvalue weighted by Gasteiger charge is 2.15. The van der Waals surface area contributed by atoms with Crippen molar-refractivity contribution >= 4 is 22.7 Å². The summed E-state index contributed by atoms with van der Waals surface area (Å²) in [5.74, 6) is 1.68. The van der Waals surface area contributed by atoms with Crippen molar-refractivity contribution in [2.75, 3.05) is 13.2 Å². The molecule has 3 rings (SSSR count). The molecule has 0 N–H and O–H groups in total. The van der Waals surface area contributed by atoms with Crippen LogP contribution in [-0.2, 0) is 6.42 Å². The van der Waals surface area contributed by atoms with E-state index in [1.165, 1.54) is 0 Å². The van der Waals surface area contributed by atoms with E-state index in [4.69, 9.17) is 13.9 Å². The van der Waals surface area contributed by atoms with Gasteiger partial charge in [-0.15, -0.1) is 6.58 Å². The molecule has 0 bridgehead atoms. The van der Waals surface area contributed by atoms with Crippen molar-refractivity contribution in [3.63, 3.8) is 0 Å². The second-order valence-electron chi connectivity index (χ2n) is 6.44. The Labute approximate surface area is 170 Å². The molecule has 0 aliphatic carbocycles. The Morgan fingerprint density at radius 3 is 2.76 bits per heavy atom. The summed E-state index contributed by atoms with van der Waals surface area (Å²) in [4.78, 5) is 4.43. The highest BCUT2D eigenvalue weighted by Crippen LogP contribution is 2.35. The van der Waals surface area contributed by atoms with E-state index < -0.39 is 0 Å². The quantitative estimate of drug-likeness (QED) is 0.342. The minimum atomic E-state index is 0.295. The average molecular weight is 388 g/mol. The van der Waals surface area contributed by atoms with Crippen molar-refractivity contribution in [3.8, 4) is 17.6 Å². The number of nitrogens with zero attached hydrogens (tertiary/aromatic N) is 2. The van der Waals surface area contributed by atoms with Gasteiger partial charge >= 0.3 is 0 Å². The third kappa shape index (κ3) is 4.67. The number of oxazole rings is 1. The van der Waals surface area contributed by atoms with Gasteiger partial charge in [0.15, 0.2) is 17.1 Å². The number of hydrogen-bond acceptors (Lipinski definition) is 5. The number of fused-ring (bicyclic) bond motifs is 1. The number of hydrogen-bond donors (Lipinski definition) is 0. The standard InChI is InChI=1S/C24H24N2O3/c1-4-9-18-13-17(15-22(27-6-3)23(18)28-12-5-2)14-19(16-25)24-26-20-10-7-8-11-21(20)29-24/h4,7-8,10-11,13-15H,1,5-6,9,12H2,2-3H3/b19-14+. The van der Waals surface area contributed by atoms with E-state index in [0.717, 1.165) is 23.3 Å². The van der Waals surface area contributed by atoms with Crippen LogP contribution in [0.4, 0.5) is 0 Å². The van der Waals surface area contributed by atoms with E-state index in [9.17, 15) is 5.26 Å². The van der Waals surface area contributed by atoms with E-state index in [0.29, 0.717) is 47.9 Å². The Hall–Kier alpha value is -3.52. The lowest BCUT2D eigenvalue weighted by atomic mass is 10.0. The number of benzene rings is 2. The van der Waals surface area contributed by atoms with Crippen molar-refractivity contribution < 1.29 is 13.9 Å². The van der Waals surface area contributed by atoms with Gasteiger partial charge in [-0.1, -0.05) is 25.1 Å². The highest BCUT2D eigenvalue weighted by atomic mass is 16.5. The third-order valence-electron chi connectivity index (χ3n) is 4.22. The second-order valence-corrected chi connectivity index (χ2v) is 6.44. The Morgan fingerprint density at radius 1 is 1.24 bits per heavy atom. The lowest BCUT2D eigenvalue weighted by Crippen LogP contribution is -2.03. The molecule has 0 fully saturated rings. The van der Waals surface area contributed by atoms with Gasteiger partial charge in [0.05, 0.1) is 13.2 Å². The molecule has 0 radical (unpaired) electrons. The Kier molecular flexibility index (Phi) is 6.70. The lowest BCUT2D eigenvalue weighted by molar-refractivity contribution is 0.275. The minimum Gasteiger partial charge on any atom is -0.490 e. The normalized spacial score (nSPS) is 11.3. The first-order chi connectivity index (χ1) is 14.2. The van der Waals surface area contributed by atoms with Gasteiger partial charge in [0.25, 0.3) is 0 Å². The maximum atomic E-state index is 9.69. The molecule has 29 heavy (non-hydrogen) atoms. The molecule has 0 amide bonds. The van der Waals surface area contributed by atoms with Crippen LogP contribution in [0.5, 0.6) is 11.5 Å². The summed E-state index contributed by atoms with van der Waals surface area (Å²) >= 11 is 0. The number of aromatic nitrogens is 1. The zero-order valence-electron chi connectivity index (χ0n) is 16.8. The molecule has 148 valence electrons. The topological polar surface area (TPSA) is 68.3 Å². The molecule has 3 aromatic rings. The predicted octanol–water partition coefficient (Wildman–Crippen LogP) is 5.81. The summed E-state index contributed by atoms with van der Waals surface area (Å²) in [6.07, 6.45) is 5.11. The number of ether oxygens (including phenoxy) is 2. The molecule has 1 heterocycles. The van der Waals surface area contributed by atoms with Crippen molar-refractivity contribution in [2.24, 2.45) is 0 Å². The monoisotopic (exact) mass is 388 g/mol. The van der Waals surface area contributed by atoms with Crippen molar-refractivity contribution in [2.45, 2.75) is 26.7 Å². The van der Waals surface area contributed by atoms with Crippen molar-refractivity contribution in [3.05, 3.63) is 66.1 Å². The summed E-state index contributed by atoms with van der Waals surface area (Å²) in [6.45, 7) is 8.95. The summed E-state index contributed by atoms with van der Waals surface area (Å²) in [7, 11) is 0. The molecule has 0 aliphatic heterocycles. The summed E-state index contributed by atoms with van der Waals surface area (Å²) in [5.41, 5.74) is 3.48. The molecular formula is C24H24N2O3. The van der Waals surface area contributed by atoms with Gasteiger partial charge < -0.3 is 13.9 Å². The second kappa shape index (κ2) is 9.61. The van der Waals surface area contributed by atoms with E-state index in [2.05, 4.69) is 24.6 Å². The van der Waals surface area contributed by atoms with Crippen LogP contribution in [-0.4, -0.2) is 18.2 Å². The SMILES string of the molecule is C=CCc1cc(/C=C(\C#N)c2nc3ccccc3o2)cc(OCC)c1OCCC. The smallest absolute Gasteiger partial charge is 0.238 e. The van der Waals surface area contributed by atoms with Crippen LogP contribution >= 0.6 is 0 Å². The first-order valence-electron chi connectivity index (χ1n) is 9.71. The fraction of sp³-hybridized carbons (Fsp3) is 0.250. The predicted molar refractivity (Wildman–Crippen MR) is 115 cm³/mol. The number of nitriles is 1. The molecule has 0 aliphatic rings. The molecule has 1 aromatic heterocycles. The van der Waals surface area contributed by atoms with Crippen LogP contribution < -0.4 is 9.47 Å². The van der Waals surface area contributed by atoms with Crippen LogP contribution in [0, 0.1) is 11.3 Å². The number of para-hydroxylation sites is 2. The molecule has 0 atom stereocenters. The van der Waals surface area contributed by atoms with Gasteiger partial charge in [0.1, 0.15) is 17.2 Å². The highest BCUT2D eigenvalue weighted by molar-refractivity contribution is 5.89. The summed E-state index contributed by atoms with van der Waals surface area (Å²) in [6, 6.07) is 13.5. The Balaban J connectivity index is 2.07. The molecule has 0 saturated carbocycles. The van der Waals surface area contributed by atoms with E-state index >= 15 is 0 Å². The van der Waals surface area contributed by atoms with E-state index in [-0.39, 0.29) is 0 Å². The van der Waals surface area contributed by atoms with Crippen LogP contribution in [0.25, 0.3) is 22.7 Å². The van der Waals surface area contributed by atoms with Crippen LogP contribution in [0.15, 0.2) is 53.5 Å². The van der Waals surface area contributed by atoms with Gasteiger partial charge in [-0.05, 0) is 55.7 Å². The van der Waals surface area contributed by atoms with Crippen LogP contribution in [0.1, 0.15) is 37.3 Å². The molecule has 0 unspecified atom stereocenters. The van der Waals surface area contributed by atoms with Gasteiger partial charge in [0, 0.05) is 5.56 Å². The summed E-state index contributed by atoms with van der Waals surface area (Å²) in [5, 5.41) is 9.69. The van der Waals surface area contributed by atoms with Gasteiger partial charge in [-0.25, -0.2) is 4.98 Å². The first-order valence-corrected chi connectivity index (χ1v) is 9.71. The maximum Gasteiger partial charge on any atom is 0.238 e. The number of allylic oxidation sites excluding steroid dienone is 2. The molecule has 2 aromatic carbocycles. The minimum absolute atomic E-state index is 0.295. The molecule has 0 saturated heterocycles. The molecule has 5 heteroatoms. The zero-order chi connectivity index (χ0) is 20.6. The largest absolute Gasteiger partial charge is 0.490 e. The van der Waals surface area contributed by atoms with Gasteiger partial charge in [-0.3, -0.25) is 0 Å².